The lowest BCUT2D eigenvalue weighted by atomic mass is 10.2. The van der Waals surface area contributed by atoms with Gasteiger partial charge in [-0.3, -0.25) is 4.79 Å². The van der Waals surface area contributed by atoms with E-state index in [1.54, 1.807) is 45.0 Å². The Morgan fingerprint density at radius 3 is 2.38 bits per heavy atom. The molecule has 0 saturated carbocycles. The molecule has 0 saturated heterocycles. The van der Waals surface area contributed by atoms with E-state index in [9.17, 15) is 14.7 Å². The summed E-state index contributed by atoms with van der Waals surface area (Å²) in [5, 5.41) is 10.1. The van der Waals surface area contributed by atoms with Gasteiger partial charge in [0.15, 0.2) is 0 Å². The number of ether oxygens (including phenoxy) is 1. The van der Waals surface area contributed by atoms with E-state index >= 15 is 0 Å². The first kappa shape index (κ1) is 15.1. The number of thiazole rings is 1. The molecule has 0 spiro atoms. The third-order valence-corrected chi connectivity index (χ3v) is 3.52. The van der Waals surface area contributed by atoms with Gasteiger partial charge in [-0.2, -0.15) is 4.57 Å². The van der Waals surface area contributed by atoms with Crippen LogP contribution in [0.3, 0.4) is 0 Å². The van der Waals surface area contributed by atoms with E-state index in [0.29, 0.717) is 20.7 Å². The number of rotatable bonds is 1. The number of aromatic hydroxyl groups is 1. The summed E-state index contributed by atoms with van der Waals surface area (Å²) in [6.45, 7) is 5.04. The first-order valence-electron chi connectivity index (χ1n) is 6.23. The van der Waals surface area contributed by atoms with Crippen LogP contribution in [0.25, 0.3) is 10.4 Å². The first-order chi connectivity index (χ1) is 9.69. The van der Waals surface area contributed by atoms with E-state index in [-0.39, 0.29) is 0 Å². The maximum atomic E-state index is 12.0. The molecule has 1 aromatic heterocycles. The summed E-state index contributed by atoms with van der Waals surface area (Å²) in [6, 6.07) is 6.63. The highest BCUT2D eigenvalue weighted by molar-refractivity contribution is 7.13. The van der Waals surface area contributed by atoms with Crippen molar-refractivity contribution < 1.29 is 14.6 Å². The van der Waals surface area contributed by atoms with Gasteiger partial charge in [0.1, 0.15) is 10.5 Å². The van der Waals surface area contributed by atoms with Gasteiger partial charge >= 0.3 is 11.0 Å². The zero-order chi connectivity index (χ0) is 15.8. The fourth-order valence-corrected chi connectivity index (χ4v) is 2.52. The highest BCUT2D eigenvalue weighted by Crippen LogP contribution is 2.32. The molecular weight excluding hydrogens is 292 g/mol. The number of nitrogens with two attached hydrogens (primary N) is 1. The summed E-state index contributed by atoms with van der Waals surface area (Å²) >= 11 is 0.770. The van der Waals surface area contributed by atoms with Crippen molar-refractivity contribution in [2.75, 3.05) is 5.73 Å². The Kier molecular flexibility index (Phi) is 3.78. The summed E-state index contributed by atoms with van der Waals surface area (Å²) < 4.78 is 5.73. The predicted octanol–water partition coefficient (Wildman–Crippen LogP) is 2.65. The number of benzene rings is 1. The minimum Gasteiger partial charge on any atom is -0.493 e. The number of hydrogen-bond acceptors (Lipinski definition) is 6. The van der Waals surface area contributed by atoms with Crippen molar-refractivity contribution in [2.24, 2.45) is 0 Å². The zero-order valence-corrected chi connectivity index (χ0v) is 12.7. The Bertz CT molecular complexity index is 723. The molecular formula is C14H16N2O4S. The van der Waals surface area contributed by atoms with Crippen LogP contribution in [-0.4, -0.2) is 21.4 Å². The van der Waals surface area contributed by atoms with Crippen LogP contribution in [0.2, 0.25) is 0 Å². The van der Waals surface area contributed by atoms with E-state index in [1.165, 1.54) is 0 Å². The van der Waals surface area contributed by atoms with Gasteiger partial charge in [0.05, 0.1) is 0 Å². The van der Waals surface area contributed by atoms with Gasteiger partial charge in [-0.1, -0.05) is 23.5 Å². The molecule has 0 amide bonds. The van der Waals surface area contributed by atoms with Crippen molar-refractivity contribution in [1.82, 2.24) is 4.57 Å². The van der Waals surface area contributed by atoms with Crippen LogP contribution in [0.15, 0.2) is 29.1 Å². The molecule has 112 valence electrons. The summed E-state index contributed by atoms with van der Waals surface area (Å²) in [6.07, 6.45) is -0.900. The van der Waals surface area contributed by atoms with Gasteiger partial charge in [0.2, 0.25) is 5.88 Å². The van der Waals surface area contributed by atoms with Crippen LogP contribution in [-0.2, 0) is 4.74 Å². The lowest BCUT2D eigenvalue weighted by molar-refractivity contribution is 0.0521. The fraction of sp³-hybridized carbons (Fsp3) is 0.286. The molecule has 6 nitrogen and oxygen atoms in total. The van der Waals surface area contributed by atoms with Crippen molar-refractivity contribution in [3.05, 3.63) is 33.9 Å². The number of aromatic nitrogens is 1. The fourth-order valence-electron chi connectivity index (χ4n) is 1.66. The highest BCUT2D eigenvalue weighted by atomic mass is 32.1. The van der Waals surface area contributed by atoms with Crippen molar-refractivity contribution in [3.8, 4) is 16.3 Å². The van der Waals surface area contributed by atoms with Crippen molar-refractivity contribution in [2.45, 2.75) is 26.4 Å². The summed E-state index contributed by atoms with van der Waals surface area (Å²) in [7, 11) is 0. The van der Waals surface area contributed by atoms with Crippen LogP contribution in [0.5, 0.6) is 5.88 Å². The molecule has 1 aromatic carbocycles. The molecule has 21 heavy (non-hydrogen) atoms. The standard InChI is InChI=1S/C14H16N2O4S/c1-14(2,3)20-12(18)16-11(17)10(21-13(16)19)8-4-6-9(15)7-5-8/h4-7,17H,15H2,1-3H3. The van der Waals surface area contributed by atoms with Crippen LogP contribution >= 0.6 is 11.3 Å². The second-order valence-corrected chi connectivity index (χ2v) is 6.42. The topological polar surface area (TPSA) is 94.6 Å². The Morgan fingerprint density at radius 1 is 1.29 bits per heavy atom. The number of nitrogen functional groups attached to an aromatic ring is 1. The quantitative estimate of drug-likeness (QED) is 0.790. The minimum atomic E-state index is -0.900. The average molecular weight is 308 g/mol. The lowest BCUT2D eigenvalue weighted by Gasteiger charge is -2.19. The molecule has 7 heteroatoms. The molecule has 0 aliphatic carbocycles. The summed E-state index contributed by atoms with van der Waals surface area (Å²) in [5.41, 5.74) is 6.01. The third-order valence-electron chi connectivity index (χ3n) is 2.54. The third kappa shape index (κ3) is 3.25. The maximum Gasteiger partial charge on any atom is 0.425 e. The Morgan fingerprint density at radius 2 is 1.86 bits per heavy atom. The number of nitrogens with zero attached hydrogens (tertiary/aromatic N) is 1. The molecule has 2 aromatic rings. The number of anilines is 1. The monoisotopic (exact) mass is 308 g/mol. The van der Waals surface area contributed by atoms with Crippen LogP contribution in [0, 0.1) is 0 Å². The Balaban J connectivity index is 2.45. The second-order valence-electron chi connectivity index (χ2n) is 5.46. The molecule has 0 aliphatic rings. The van der Waals surface area contributed by atoms with E-state index in [2.05, 4.69) is 0 Å². The van der Waals surface area contributed by atoms with E-state index in [0.717, 1.165) is 11.3 Å². The molecule has 2 rings (SSSR count). The number of carbonyl (C=O) groups is 1. The van der Waals surface area contributed by atoms with Gasteiger partial charge < -0.3 is 15.6 Å². The zero-order valence-electron chi connectivity index (χ0n) is 11.9. The van der Waals surface area contributed by atoms with Crippen molar-refractivity contribution in [1.29, 1.82) is 0 Å². The first-order valence-corrected chi connectivity index (χ1v) is 7.05. The average Bonchev–Trinajstić information content (AvgIpc) is 2.63. The molecule has 0 unspecified atom stereocenters. The lowest BCUT2D eigenvalue weighted by Crippen LogP contribution is -2.31. The van der Waals surface area contributed by atoms with E-state index in [1.807, 2.05) is 0 Å². The van der Waals surface area contributed by atoms with Gasteiger partial charge in [0.25, 0.3) is 0 Å². The summed E-state index contributed by atoms with van der Waals surface area (Å²) in [5.74, 6) is -0.427. The Hall–Kier alpha value is -2.28. The maximum absolute atomic E-state index is 12.0. The highest BCUT2D eigenvalue weighted by Gasteiger charge is 2.25. The molecule has 0 aliphatic heterocycles. The summed E-state index contributed by atoms with van der Waals surface area (Å²) in [4.78, 5) is 23.6. The Labute approximate surface area is 125 Å². The molecule has 1 heterocycles. The molecule has 3 N–H and O–H groups in total. The second kappa shape index (κ2) is 5.25. The van der Waals surface area contributed by atoms with E-state index < -0.39 is 22.4 Å². The van der Waals surface area contributed by atoms with E-state index in [4.69, 9.17) is 10.5 Å². The van der Waals surface area contributed by atoms with Crippen molar-refractivity contribution >= 4 is 23.1 Å². The van der Waals surface area contributed by atoms with Crippen LogP contribution < -0.4 is 10.6 Å². The van der Waals surface area contributed by atoms with Crippen molar-refractivity contribution in [3.63, 3.8) is 0 Å². The number of carbonyl (C=O) groups excluding carboxylic acids is 1. The SMILES string of the molecule is CC(C)(C)OC(=O)n1c(O)c(-c2ccc(N)cc2)sc1=O. The minimum absolute atomic E-state index is 0.297. The molecule has 0 radical (unpaired) electrons. The predicted molar refractivity (Wildman–Crippen MR) is 81.7 cm³/mol. The van der Waals surface area contributed by atoms with Gasteiger partial charge in [0, 0.05) is 5.69 Å². The largest absolute Gasteiger partial charge is 0.493 e. The van der Waals surface area contributed by atoms with Crippen LogP contribution in [0.1, 0.15) is 20.8 Å². The van der Waals surface area contributed by atoms with Crippen LogP contribution in [0.4, 0.5) is 10.5 Å². The smallest absolute Gasteiger partial charge is 0.425 e. The molecule has 0 bridgehead atoms. The molecule has 0 fully saturated rings. The number of hydrogen-bond donors (Lipinski definition) is 2. The molecule has 0 atom stereocenters. The van der Waals surface area contributed by atoms with Gasteiger partial charge in [-0.15, -0.1) is 0 Å². The normalized spacial score (nSPS) is 11.4. The van der Waals surface area contributed by atoms with Gasteiger partial charge in [-0.05, 0) is 38.5 Å². The van der Waals surface area contributed by atoms with Gasteiger partial charge in [-0.25, -0.2) is 4.79 Å².